The molecule has 0 bridgehead atoms. The van der Waals surface area contributed by atoms with Gasteiger partial charge in [0.15, 0.2) is 4.96 Å². The van der Waals surface area contributed by atoms with Crippen LogP contribution >= 0.6 is 11.3 Å². The highest BCUT2D eigenvalue weighted by Crippen LogP contribution is 2.19. The molecule has 1 atom stereocenters. The maximum Gasteiger partial charge on any atom is 0.193 e. The van der Waals surface area contributed by atoms with Crippen LogP contribution in [0.4, 0.5) is 0 Å². The van der Waals surface area contributed by atoms with Crippen molar-refractivity contribution in [1.29, 1.82) is 0 Å². The van der Waals surface area contributed by atoms with Gasteiger partial charge in [0, 0.05) is 43.0 Å². The van der Waals surface area contributed by atoms with Gasteiger partial charge in [-0.3, -0.25) is 9.08 Å². The molecule has 88 valence electrons. The summed E-state index contributed by atoms with van der Waals surface area (Å²) in [4.78, 5) is 5.40. The van der Waals surface area contributed by atoms with Crippen LogP contribution < -0.4 is 0 Å². The molecule has 3 heterocycles. The number of aliphatic hydroxyl groups is 1. The highest BCUT2D eigenvalue weighted by atomic mass is 32.1. The number of nitrogens with zero attached hydrogens (tertiary/aromatic N) is 4. The lowest BCUT2D eigenvalue weighted by molar-refractivity contribution is 0.177. The molecule has 0 fully saturated rings. The maximum atomic E-state index is 10.1. The van der Waals surface area contributed by atoms with Gasteiger partial charge in [-0.2, -0.15) is 5.10 Å². The van der Waals surface area contributed by atoms with Gasteiger partial charge in [0.1, 0.15) is 0 Å². The Balaban J connectivity index is 1.80. The van der Waals surface area contributed by atoms with Crippen molar-refractivity contribution in [2.45, 2.75) is 12.5 Å². The molecule has 0 spiro atoms. The van der Waals surface area contributed by atoms with E-state index in [4.69, 9.17) is 0 Å². The Morgan fingerprint density at radius 1 is 1.47 bits per heavy atom. The Labute approximate surface area is 102 Å². The molecular formula is C11H12N4OS. The summed E-state index contributed by atoms with van der Waals surface area (Å²) in [6.45, 7) is 0. The van der Waals surface area contributed by atoms with Crippen LogP contribution in [-0.4, -0.2) is 24.3 Å². The molecule has 6 heteroatoms. The number of aliphatic hydroxyl groups excluding tert-OH is 1. The largest absolute Gasteiger partial charge is 0.388 e. The number of hydrogen-bond acceptors (Lipinski definition) is 4. The smallest absolute Gasteiger partial charge is 0.193 e. The highest BCUT2D eigenvalue weighted by Gasteiger charge is 2.13. The minimum Gasteiger partial charge on any atom is -0.388 e. The molecule has 0 aliphatic rings. The van der Waals surface area contributed by atoms with Gasteiger partial charge in [-0.15, -0.1) is 11.3 Å². The molecule has 1 N–H and O–H groups in total. The van der Waals surface area contributed by atoms with Crippen molar-refractivity contribution in [2.24, 2.45) is 7.05 Å². The van der Waals surface area contributed by atoms with E-state index in [-0.39, 0.29) is 0 Å². The molecule has 0 aliphatic carbocycles. The number of rotatable bonds is 3. The topological polar surface area (TPSA) is 55.4 Å². The number of hydrogen-bond donors (Lipinski definition) is 1. The molecule has 0 amide bonds. The van der Waals surface area contributed by atoms with Crippen LogP contribution in [0.15, 0.2) is 30.2 Å². The van der Waals surface area contributed by atoms with E-state index in [1.165, 1.54) is 0 Å². The van der Waals surface area contributed by atoms with Crippen LogP contribution in [0.25, 0.3) is 4.96 Å². The minimum absolute atomic E-state index is 0.514. The van der Waals surface area contributed by atoms with Crippen LogP contribution in [0.2, 0.25) is 0 Å². The van der Waals surface area contributed by atoms with Crippen molar-refractivity contribution in [1.82, 2.24) is 19.2 Å². The summed E-state index contributed by atoms with van der Waals surface area (Å²) in [6.07, 6.45) is 7.39. The predicted molar refractivity (Wildman–Crippen MR) is 64.9 cm³/mol. The van der Waals surface area contributed by atoms with Gasteiger partial charge in [0.2, 0.25) is 0 Å². The third-order valence-electron chi connectivity index (χ3n) is 2.66. The van der Waals surface area contributed by atoms with Gasteiger partial charge < -0.3 is 5.11 Å². The molecule has 3 aromatic rings. The van der Waals surface area contributed by atoms with E-state index in [0.717, 1.165) is 16.2 Å². The van der Waals surface area contributed by atoms with Gasteiger partial charge in [0.25, 0.3) is 0 Å². The van der Waals surface area contributed by atoms with E-state index in [2.05, 4.69) is 10.1 Å². The third-order valence-corrected chi connectivity index (χ3v) is 3.43. The van der Waals surface area contributed by atoms with E-state index < -0.39 is 6.10 Å². The van der Waals surface area contributed by atoms with Gasteiger partial charge in [-0.05, 0) is 0 Å². The Bertz CT molecular complexity index is 610. The molecule has 0 aliphatic heterocycles. The lowest BCUT2D eigenvalue weighted by Gasteiger charge is -2.04. The molecule has 0 saturated carbocycles. The zero-order valence-electron chi connectivity index (χ0n) is 9.32. The van der Waals surface area contributed by atoms with Gasteiger partial charge in [-0.1, -0.05) is 0 Å². The Morgan fingerprint density at radius 2 is 2.35 bits per heavy atom. The number of aromatic nitrogens is 4. The number of imidazole rings is 1. The lowest BCUT2D eigenvalue weighted by Crippen LogP contribution is -2.01. The third kappa shape index (κ3) is 1.96. The minimum atomic E-state index is -0.548. The van der Waals surface area contributed by atoms with E-state index in [1.807, 2.05) is 35.4 Å². The lowest BCUT2D eigenvalue weighted by atomic mass is 10.1. The Kier molecular flexibility index (Phi) is 2.45. The fourth-order valence-corrected chi connectivity index (χ4v) is 2.52. The van der Waals surface area contributed by atoms with E-state index >= 15 is 0 Å². The SMILES string of the molecule is Cn1cc(C(O)Cc2cn3ccsc3n2)cn1. The molecule has 3 aromatic heterocycles. The quantitative estimate of drug-likeness (QED) is 0.762. The molecular weight excluding hydrogens is 236 g/mol. The van der Waals surface area contributed by atoms with Crippen LogP contribution in [0.1, 0.15) is 17.4 Å². The second kappa shape index (κ2) is 3.97. The monoisotopic (exact) mass is 248 g/mol. The van der Waals surface area contributed by atoms with E-state index in [9.17, 15) is 5.11 Å². The van der Waals surface area contributed by atoms with Gasteiger partial charge >= 0.3 is 0 Å². The van der Waals surface area contributed by atoms with Crippen molar-refractivity contribution in [3.63, 3.8) is 0 Å². The van der Waals surface area contributed by atoms with Crippen molar-refractivity contribution in [2.75, 3.05) is 0 Å². The average molecular weight is 248 g/mol. The molecule has 0 radical (unpaired) electrons. The summed E-state index contributed by atoms with van der Waals surface area (Å²) in [7, 11) is 1.84. The Hall–Kier alpha value is -1.66. The summed E-state index contributed by atoms with van der Waals surface area (Å²) >= 11 is 1.59. The molecule has 1 unspecified atom stereocenters. The van der Waals surface area contributed by atoms with Crippen molar-refractivity contribution in [3.8, 4) is 0 Å². The first-order valence-electron chi connectivity index (χ1n) is 5.30. The van der Waals surface area contributed by atoms with Crippen LogP contribution in [0, 0.1) is 0 Å². The fourth-order valence-electron chi connectivity index (χ4n) is 1.80. The molecule has 3 rings (SSSR count). The van der Waals surface area contributed by atoms with Crippen LogP contribution in [0.3, 0.4) is 0 Å². The second-order valence-corrected chi connectivity index (χ2v) is 4.87. The van der Waals surface area contributed by atoms with E-state index in [1.54, 1.807) is 22.2 Å². The fraction of sp³-hybridized carbons (Fsp3) is 0.273. The molecule has 17 heavy (non-hydrogen) atoms. The Morgan fingerprint density at radius 3 is 3.06 bits per heavy atom. The highest BCUT2D eigenvalue weighted by molar-refractivity contribution is 7.15. The summed E-state index contributed by atoms with van der Waals surface area (Å²) in [5.41, 5.74) is 1.72. The van der Waals surface area contributed by atoms with Crippen LogP contribution in [-0.2, 0) is 13.5 Å². The summed E-state index contributed by atoms with van der Waals surface area (Å²) in [6, 6.07) is 0. The number of fused-ring (bicyclic) bond motifs is 1. The number of thiazole rings is 1. The average Bonchev–Trinajstić information content (AvgIpc) is 2.92. The van der Waals surface area contributed by atoms with Crippen LogP contribution in [0.5, 0.6) is 0 Å². The standard InChI is InChI=1S/C11H12N4OS/c1-14-6-8(5-12-14)10(16)4-9-7-15-2-3-17-11(15)13-9/h2-3,5-7,10,16H,4H2,1H3. The number of aryl methyl sites for hydroxylation is 1. The van der Waals surface area contributed by atoms with E-state index in [0.29, 0.717) is 6.42 Å². The van der Waals surface area contributed by atoms with Gasteiger partial charge in [0.05, 0.1) is 18.0 Å². The maximum absolute atomic E-state index is 10.1. The summed E-state index contributed by atoms with van der Waals surface area (Å²) in [5.74, 6) is 0. The predicted octanol–water partition coefficient (Wildman–Crippen LogP) is 1.41. The molecule has 5 nitrogen and oxygen atoms in total. The summed E-state index contributed by atoms with van der Waals surface area (Å²) in [5, 5.41) is 16.1. The van der Waals surface area contributed by atoms with Crippen molar-refractivity contribution in [3.05, 3.63) is 41.4 Å². The molecule has 0 saturated heterocycles. The van der Waals surface area contributed by atoms with Crippen molar-refractivity contribution >= 4 is 16.3 Å². The second-order valence-electron chi connectivity index (χ2n) is 3.99. The first-order valence-corrected chi connectivity index (χ1v) is 6.18. The van der Waals surface area contributed by atoms with Gasteiger partial charge in [-0.25, -0.2) is 4.98 Å². The van der Waals surface area contributed by atoms with Crippen molar-refractivity contribution < 1.29 is 5.11 Å². The first kappa shape index (κ1) is 10.5. The zero-order chi connectivity index (χ0) is 11.8. The summed E-state index contributed by atoms with van der Waals surface area (Å²) < 4.78 is 3.65. The zero-order valence-corrected chi connectivity index (χ0v) is 10.1. The molecule has 0 aromatic carbocycles. The first-order chi connectivity index (χ1) is 8.22. The normalized spacial score (nSPS) is 13.3.